The predicted octanol–water partition coefficient (Wildman–Crippen LogP) is 5.05. The summed E-state index contributed by atoms with van der Waals surface area (Å²) in [5, 5.41) is 8.93. The summed E-state index contributed by atoms with van der Waals surface area (Å²) in [6.07, 6.45) is 3.27. The third-order valence-electron chi connectivity index (χ3n) is 2.32. The van der Waals surface area contributed by atoms with Crippen molar-refractivity contribution >= 4 is 58.2 Å². The molecule has 0 N–H and O–H groups in total. The van der Waals surface area contributed by atoms with Crippen molar-refractivity contribution in [1.82, 2.24) is 0 Å². The van der Waals surface area contributed by atoms with Crippen molar-refractivity contribution in [2.45, 2.75) is 0 Å². The van der Waals surface area contributed by atoms with Crippen molar-refractivity contribution in [3.63, 3.8) is 0 Å². The summed E-state index contributed by atoms with van der Waals surface area (Å²) in [4.78, 5) is 0. The van der Waals surface area contributed by atoms with Gasteiger partial charge in [-0.25, -0.2) is 0 Å². The largest absolute Gasteiger partial charge is 0.159 e. The van der Waals surface area contributed by atoms with Crippen molar-refractivity contribution in [2.75, 3.05) is 0 Å². The van der Waals surface area contributed by atoms with Crippen molar-refractivity contribution in [1.29, 1.82) is 0 Å². The highest BCUT2D eigenvalue weighted by Crippen LogP contribution is 2.24. The van der Waals surface area contributed by atoms with Gasteiger partial charge in [-0.15, -0.1) is 0 Å². The normalized spacial score (nSPS) is 11.5. The van der Waals surface area contributed by atoms with Gasteiger partial charge in [-0.1, -0.05) is 47.5 Å². The Morgan fingerprint density at radius 1 is 0.895 bits per heavy atom. The average molecular weight is 403 g/mol. The highest BCUT2D eigenvalue weighted by Gasteiger charge is 2.00. The topological polar surface area (TPSA) is 24.7 Å². The molecule has 2 nitrogen and oxygen atoms in total. The minimum atomic E-state index is 0.484. The maximum Gasteiger partial charge on any atom is 0.0680 e. The summed E-state index contributed by atoms with van der Waals surface area (Å²) in [6, 6.07) is 13.4. The summed E-state index contributed by atoms with van der Waals surface area (Å²) in [6.45, 7) is 0. The van der Waals surface area contributed by atoms with E-state index >= 15 is 0 Å². The Morgan fingerprint density at radius 2 is 1.58 bits per heavy atom. The van der Waals surface area contributed by atoms with Gasteiger partial charge in [-0.05, 0) is 46.4 Å². The molecule has 0 bridgehead atoms. The van der Waals surface area contributed by atoms with Crippen molar-refractivity contribution in [3.8, 4) is 0 Å². The van der Waals surface area contributed by atoms with E-state index in [4.69, 9.17) is 23.2 Å². The Bertz CT molecular complexity index is 622. The van der Waals surface area contributed by atoms with Crippen LogP contribution in [0, 0.1) is 3.57 Å². The average Bonchev–Trinajstić information content (AvgIpc) is 2.41. The van der Waals surface area contributed by atoms with E-state index in [0.29, 0.717) is 10.0 Å². The fourth-order valence-electron chi connectivity index (χ4n) is 1.36. The second-order valence-electron chi connectivity index (χ2n) is 3.68. The highest BCUT2D eigenvalue weighted by atomic mass is 127. The molecular formula is C14H9Cl2IN2. The van der Waals surface area contributed by atoms with Crippen molar-refractivity contribution < 1.29 is 0 Å². The number of benzene rings is 2. The molecule has 0 saturated heterocycles. The molecule has 0 saturated carbocycles. The molecule has 19 heavy (non-hydrogen) atoms. The van der Waals surface area contributed by atoms with Gasteiger partial charge in [0, 0.05) is 9.13 Å². The molecule has 96 valence electrons. The molecule has 2 aromatic rings. The first-order chi connectivity index (χ1) is 9.16. The number of halogens is 3. The third-order valence-corrected chi connectivity index (χ3v) is 3.87. The highest BCUT2D eigenvalue weighted by molar-refractivity contribution is 14.1. The van der Waals surface area contributed by atoms with Crippen molar-refractivity contribution in [2.24, 2.45) is 10.2 Å². The molecule has 0 heterocycles. The predicted molar refractivity (Wildman–Crippen MR) is 90.8 cm³/mol. The Labute approximate surface area is 135 Å². The fraction of sp³-hybridized carbons (Fsp3) is 0. The molecule has 5 heteroatoms. The first-order valence-corrected chi connectivity index (χ1v) is 7.26. The molecule has 0 spiro atoms. The third kappa shape index (κ3) is 4.30. The standard InChI is InChI=1S/C14H9Cl2IN2/c15-13-3-1-2-11(14(13)16)9-19-18-8-10-4-6-12(17)7-5-10/h1-9H/b18-8-,19-9-. The van der Waals surface area contributed by atoms with Gasteiger partial charge in [-0.2, -0.15) is 10.2 Å². The molecule has 0 aliphatic heterocycles. The Balaban J connectivity index is 2.07. The Hall–Kier alpha value is -0.910. The van der Waals surface area contributed by atoms with E-state index in [0.717, 1.165) is 11.1 Å². The van der Waals surface area contributed by atoms with Gasteiger partial charge < -0.3 is 0 Å². The lowest BCUT2D eigenvalue weighted by atomic mass is 10.2. The van der Waals surface area contributed by atoms with Gasteiger partial charge in [0.1, 0.15) is 0 Å². The fourth-order valence-corrected chi connectivity index (χ4v) is 2.08. The number of hydrogen-bond donors (Lipinski definition) is 0. The molecule has 0 aromatic heterocycles. The first kappa shape index (κ1) is 14.5. The van der Waals surface area contributed by atoms with Crippen molar-refractivity contribution in [3.05, 3.63) is 67.2 Å². The minimum Gasteiger partial charge on any atom is -0.159 e. The second kappa shape index (κ2) is 7.03. The monoisotopic (exact) mass is 402 g/mol. The zero-order chi connectivity index (χ0) is 13.7. The number of nitrogens with zero attached hydrogens (tertiary/aromatic N) is 2. The first-order valence-electron chi connectivity index (χ1n) is 5.43. The molecule has 0 aliphatic rings. The molecule has 0 atom stereocenters. The molecule has 0 fully saturated rings. The molecule has 0 unspecified atom stereocenters. The van der Waals surface area contributed by atoms with Crippen LogP contribution in [-0.4, -0.2) is 12.4 Å². The van der Waals surface area contributed by atoms with E-state index in [1.807, 2.05) is 36.4 Å². The maximum absolute atomic E-state index is 6.03. The van der Waals surface area contributed by atoms with Crippen LogP contribution in [0.5, 0.6) is 0 Å². The molecule has 2 rings (SSSR count). The number of rotatable bonds is 3. The van der Waals surface area contributed by atoms with E-state index in [1.165, 1.54) is 3.57 Å². The molecule has 2 aromatic carbocycles. The molecule has 0 aliphatic carbocycles. The Kier molecular flexibility index (Phi) is 5.36. The molecule has 0 amide bonds. The van der Waals surface area contributed by atoms with Gasteiger partial charge in [0.2, 0.25) is 0 Å². The zero-order valence-corrected chi connectivity index (χ0v) is 13.4. The molecular weight excluding hydrogens is 394 g/mol. The lowest BCUT2D eigenvalue weighted by Crippen LogP contribution is -1.84. The minimum absolute atomic E-state index is 0.484. The summed E-state index contributed by atoms with van der Waals surface area (Å²) in [5.74, 6) is 0. The number of hydrogen-bond acceptors (Lipinski definition) is 2. The van der Waals surface area contributed by atoms with Crippen LogP contribution in [0.4, 0.5) is 0 Å². The van der Waals surface area contributed by atoms with Crippen LogP contribution < -0.4 is 0 Å². The SMILES string of the molecule is Clc1cccc(/C=N\N=C/c2ccc(I)cc2)c1Cl. The summed E-state index contributed by atoms with van der Waals surface area (Å²) in [5.41, 5.74) is 1.74. The zero-order valence-electron chi connectivity index (χ0n) is 9.72. The second-order valence-corrected chi connectivity index (χ2v) is 5.71. The van der Waals surface area contributed by atoms with E-state index in [2.05, 4.69) is 32.8 Å². The van der Waals surface area contributed by atoms with E-state index in [-0.39, 0.29) is 0 Å². The molecule has 0 radical (unpaired) electrons. The van der Waals surface area contributed by atoms with Crippen LogP contribution >= 0.6 is 45.8 Å². The smallest absolute Gasteiger partial charge is 0.0680 e. The van der Waals surface area contributed by atoms with Crippen LogP contribution in [0.3, 0.4) is 0 Å². The van der Waals surface area contributed by atoms with Crippen LogP contribution in [0.15, 0.2) is 52.7 Å². The lowest BCUT2D eigenvalue weighted by molar-refractivity contribution is 1.26. The van der Waals surface area contributed by atoms with Gasteiger partial charge in [0.15, 0.2) is 0 Å². The van der Waals surface area contributed by atoms with Gasteiger partial charge in [0.25, 0.3) is 0 Å². The lowest BCUT2D eigenvalue weighted by Gasteiger charge is -1.97. The van der Waals surface area contributed by atoms with Crippen LogP contribution in [0.25, 0.3) is 0 Å². The van der Waals surface area contributed by atoms with Gasteiger partial charge in [0.05, 0.1) is 22.5 Å². The van der Waals surface area contributed by atoms with E-state index in [9.17, 15) is 0 Å². The summed E-state index contributed by atoms with van der Waals surface area (Å²) < 4.78 is 1.18. The van der Waals surface area contributed by atoms with E-state index in [1.54, 1.807) is 18.5 Å². The summed E-state index contributed by atoms with van der Waals surface area (Å²) in [7, 11) is 0. The van der Waals surface area contributed by atoms with Crippen LogP contribution in [0.1, 0.15) is 11.1 Å². The summed E-state index contributed by atoms with van der Waals surface area (Å²) >= 11 is 14.2. The van der Waals surface area contributed by atoms with Crippen LogP contribution in [-0.2, 0) is 0 Å². The van der Waals surface area contributed by atoms with Gasteiger partial charge >= 0.3 is 0 Å². The maximum atomic E-state index is 6.03. The quantitative estimate of drug-likeness (QED) is 0.390. The van der Waals surface area contributed by atoms with Crippen LogP contribution in [0.2, 0.25) is 10.0 Å². The van der Waals surface area contributed by atoms with E-state index < -0.39 is 0 Å². The van der Waals surface area contributed by atoms with Gasteiger partial charge in [-0.3, -0.25) is 0 Å². The Morgan fingerprint density at radius 3 is 2.32 bits per heavy atom.